The highest BCUT2D eigenvalue weighted by atomic mass is 35.5. The molecule has 5 rings (SSSR count). The minimum Gasteiger partial charge on any atom is -0.379 e. The first-order valence-electron chi connectivity index (χ1n) is 11.1. The van der Waals surface area contributed by atoms with Gasteiger partial charge in [0.1, 0.15) is 0 Å². The summed E-state index contributed by atoms with van der Waals surface area (Å²) in [5.41, 5.74) is 3.53. The molecule has 8 nitrogen and oxygen atoms in total. The van der Waals surface area contributed by atoms with E-state index in [2.05, 4.69) is 20.5 Å². The van der Waals surface area contributed by atoms with Gasteiger partial charge >= 0.3 is 0 Å². The van der Waals surface area contributed by atoms with Crippen molar-refractivity contribution in [3.8, 4) is 0 Å². The first-order chi connectivity index (χ1) is 16.6. The second-order valence-electron chi connectivity index (χ2n) is 8.06. The Hall–Kier alpha value is -2.85. The summed E-state index contributed by atoms with van der Waals surface area (Å²) in [5.74, 6) is 0.559. The lowest BCUT2D eigenvalue weighted by Gasteiger charge is -2.26. The lowest BCUT2D eigenvalue weighted by molar-refractivity contribution is -0.113. The van der Waals surface area contributed by atoms with E-state index in [1.165, 1.54) is 11.8 Å². The van der Waals surface area contributed by atoms with Crippen molar-refractivity contribution in [2.24, 2.45) is 12.0 Å². The Labute approximate surface area is 207 Å². The van der Waals surface area contributed by atoms with Crippen LogP contribution in [-0.2, 0) is 16.6 Å². The van der Waals surface area contributed by atoms with Gasteiger partial charge in [0.25, 0.3) is 5.91 Å². The third-order valence-electron chi connectivity index (χ3n) is 5.75. The quantitative estimate of drug-likeness (QED) is 0.498. The Morgan fingerprint density at radius 2 is 2.03 bits per heavy atom. The van der Waals surface area contributed by atoms with Crippen molar-refractivity contribution in [2.45, 2.75) is 0 Å². The van der Waals surface area contributed by atoms with Gasteiger partial charge in [0.05, 0.1) is 39.9 Å². The fourth-order valence-electron chi connectivity index (χ4n) is 3.90. The molecule has 10 heteroatoms. The first-order valence-corrected chi connectivity index (χ1v) is 12.3. The summed E-state index contributed by atoms with van der Waals surface area (Å²) < 4.78 is 7.45. The number of nitrogens with one attached hydrogen (secondary N) is 2. The maximum atomic E-state index is 12.5. The molecule has 3 heterocycles. The average Bonchev–Trinajstić information content (AvgIpc) is 3.34. The number of hydrogen-bond donors (Lipinski definition) is 2. The maximum absolute atomic E-state index is 12.5. The van der Waals surface area contributed by atoms with Crippen LogP contribution in [0.15, 0.2) is 52.4 Å². The molecule has 1 amide bonds. The van der Waals surface area contributed by atoms with Crippen LogP contribution in [0.25, 0.3) is 17.1 Å². The molecule has 0 bridgehead atoms. The number of aromatic nitrogens is 2. The molecule has 0 unspecified atom stereocenters. The fourth-order valence-corrected chi connectivity index (χ4v) is 4.91. The second-order valence-corrected chi connectivity index (χ2v) is 9.50. The summed E-state index contributed by atoms with van der Waals surface area (Å²) in [4.78, 5) is 24.2. The summed E-state index contributed by atoms with van der Waals surface area (Å²) in [6, 6.07) is 13.3. The summed E-state index contributed by atoms with van der Waals surface area (Å²) in [7, 11) is 1.99. The predicted molar refractivity (Wildman–Crippen MR) is 140 cm³/mol. The first kappa shape index (κ1) is 22.9. The number of aryl methyl sites for hydroxylation is 1. The standard InChI is InChI=1S/C24H25ClN6O2S/c1-30-20-14-16(6-7-19(20)27-23(30)26-8-9-31-10-12-33-13-11-31)15-21-22(32)29-24(34-21)28-18-5-3-2-4-17(18)25/h2-7,14-15H,8-13H2,1H3,(H,26,27)(H,28,29,32)/b21-15-. The van der Waals surface area contributed by atoms with E-state index in [-0.39, 0.29) is 5.91 Å². The Kier molecular flexibility index (Phi) is 6.87. The Morgan fingerprint density at radius 1 is 1.21 bits per heavy atom. The van der Waals surface area contributed by atoms with Crippen LogP contribution in [0.1, 0.15) is 5.56 Å². The minimum absolute atomic E-state index is 0.268. The number of anilines is 2. The Balaban J connectivity index is 1.26. The number of thioether (sulfide) groups is 1. The highest BCUT2D eigenvalue weighted by molar-refractivity contribution is 8.18. The van der Waals surface area contributed by atoms with Gasteiger partial charge in [0.2, 0.25) is 5.95 Å². The molecule has 0 atom stereocenters. The van der Waals surface area contributed by atoms with E-state index in [1.807, 2.05) is 54.1 Å². The molecule has 0 saturated carbocycles. The number of halogens is 1. The maximum Gasteiger partial charge on any atom is 0.286 e. The van der Waals surface area contributed by atoms with Crippen molar-refractivity contribution in [3.63, 3.8) is 0 Å². The van der Waals surface area contributed by atoms with E-state index in [1.54, 1.807) is 6.07 Å². The molecule has 2 aliphatic rings. The number of imidazole rings is 1. The smallest absolute Gasteiger partial charge is 0.286 e. The van der Waals surface area contributed by atoms with E-state index < -0.39 is 0 Å². The number of nitrogens with zero attached hydrogens (tertiary/aromatic N) is 4. The summed E-state index contributed by atoms with van der Waals surface area (Å²) in [6.07, 6.45) is 1.86. The number of ether oxygens (including phenoxy) is 1. The van der Waals surface area contributed by atoms with Crippen LogP contribution in [0.5, 0.6) is 0 Å². The number of para-hydroxylation sites is 1. The van der Waals surface area contributed by atoms with Gasteiger partial charge in [-0.3, -0.25) is 9.69 Å². The largest absolute Gasteiger partial charge is 0.379 e. The number of fused-ring (bicyclic) bond motifs is 1. The molecule has 2 aliphatic heterocycles. The number of carbonyl (C=O) groups excluding carboxylic acids is 1. The van der Waals surface area contributed by atoms with Crippen molar-refractivity contribution in [1.82, 2.24) is 14.5 Å². The van der Waals surface area contributed by atoms with Crippen molar-refractivity contribution in [2.75, 3.05) is 50.0 Å². The lowest BCUT2D eigenvalue weighted by Crippen LogP contribution is -2.39. The van der Waals surface area contributed by atoms with E-state index in [4.69, 9.17) is 21.3 Å². The van der Waals surface area contributed by atoms with Gasteiger partial charge in [-0.15, -0.1) is 0 Å². The zero-order valence-electron chi connectivity index (χ0n) is 18.8. The summed E-state index contributed by atoms with van der Waals surface area (Å²) in [5, 5.41) is 7.66. The molecular formula is C24H25ClN6O2S. The van der Waals surface area contributed by atoms with Gasteiger partial charge in [-0.25, -0.2) is 4.98 Å². The van der Waals surface area contributed by atoms with Crippen LogP contribution >= 0.6 is 23.4 Å². The van der Waals surface area contributed by atoms with Crippen molar-refractivity contribution in [1.29, 1.82) is 0 Å². The molecule has 0 aliphatic carbocycles. The van der Waals surface area contributed by atoms with Crippen molar-refractivity contribution in [3.05, 3.63) is 58.0 Å². The van der Waals surface area contributed by atoms with Crippen LogP contribution < -0.4 is 10.6 Å². The fraction of sp³-hybridized carbons (Fsp3) is 0.292. The number of aliphatic imine (C=N–C) groups is 1. The van der Waals surface area contributed by atoms with Gasteiger partial charge in [-0.1, -0.05) is 29.8 Å². The molecule has 1 aromatic heterocycles. The summed E-state index contributed by atoms with van der Waals surface area (Å²) >= 11 is 7.50. The highest BCUT2D eigenvalue weighted by Crippen LogP contribution is 2.31. The van der Waals surface area contributed by atoms with Gasteiger partial charge in [0, 0.05) is 33.2 Å². The lowest BCUT2D eigenvalue weighted by atomic mass is 10.2. The number of hydrogen-bond acceptors (Lipinski definition) is 7. The number of rotatable bonds is 6. The molecule has 34 heavy (non-hydrogen) atoms. The van der Waals surface area contributed by atoms with Crippen LogP contribution in [0, 0.1) is 0 Å². The normalized spacial score (nSPS) is 18.0. The third-order valence-corrected chi connectivity index (χ3v) is 6.98. The zero-order valence-corrected chi connectivity index (χ0v) is 20.3. The Morgan fingerprint density at radius 3 is 2.85 bits per heavy atom. The van der Waals surface area contributed by atoms with E-state index in [0.717, 1.165) is 67.6 Å². The molecule has 176 valence electrons. The van der Waals surface area contributed by atoms with Gasteiger partial charge in [-0.2, -0.15) is 4.99 Å². The average molecular weight is 497 g/mol. The minimum atomic E-state index is -0.268. The van der Waals surface area contributed by atoms with E-state index in [9.17, 15) is 4.79 Å². The zero-order chi connectivity index (χ0) is 23.5. The number of benzene rings is 2. The number of carbonyl (C=O) groups is 1. The summed E-state index contributed by atoms with van der Waals surface area (Å²) in [6.45, 7) is 5.31. The van der Waals surface area contributed by atoms with E-state index in [0.29, 0.717) is 15.1 Å². The SMILES string of the molecule is Cn1c(NCCN2CCOCC2)nc2ccc(/C=C3\SC(Nc4ccccc4Cl)=NC3=O)cc21. The van der Waals surface area contributed by atoms with Crippen LogP contribution in [0.3, 0.4) is 0 Å². The van der Waals surface area contributed by atoms with Gasteiger partial charge in [0.15, 0.2) is 5.17 Å². The van der Waals surface area contributed by atoms with Crippen LogP contribution in [-0.4, -0.2) is 64.9 Å². The van der Waals surface area contributed by atoms with E-state index >= 15 is 0 Å². The molecule has 2 aromatic carbocycles. The molecule has 0 spiro atoms. The van der Waals surface area contributed by atoms with Crippen LogP contribution in [0.2, 0.25) is 5.02 Å². The third kappa shape index (κ3) is 5.12. The highest BCUT2D eigenvalue weighted by Gasteiger charge is 2.22. The molecule has 2 N–H and O–H groups in total. The monoisotopic (exact) mass is 496 g/mol. The van der Waals surface area contributed by atoms with Crippen LogP contribution in [0.4, 0.5) is 11.6 Å². The predicted octanol–water partition coefficient (Wildman–Crippen LogP) is 4.05. The van der Waals surface area contributed by atoms with Crippen molar-refractivity contribution < 1.29 is 9.53 Å². The molecular weight excluding hydrogens is 472 g/mol. The van der Waals surface area contributed by atoms with Gasteiger partial charge < -0.3 is 19.9 Å². The Bertz CT molecular complexity index is 1280. The number of morpholine rings is 1. The molecule has 1 fully saturated rings. The number of amides is 1. The second kappa shape index (κ2) is 10.2. The van der Waals surface area contributed by atoms with Crippen molar-refractivity contribution >= 4 is 63.2 Å². The molecule has 1 saturated heterocycles. The number of amidine groups is 1. The molecule has 3 aromatic rings. The molecule has 0 radical (unpaired) electrons. The topological polar surface area (TPSA) is 83.8 Å². The van der Waals surface area contributed by atoms with Gasteiger partial charge in [-0.05, 0) is 47.7 Å².